The van der Waals surface area contributed by atoms with Gasteiger partial charge in [-0.3, -0.25) is 4.99 Å². The Morgan fingerprint density at radius 3 is 2.24 bits per heavy atom. The first-order chi connectivity index (χ1) is 10.3. The molecule has 5 heteroatoms. The van der Waals surface area contributed by atoms with E-state index in [2.05, 4.69) is 26.7 Å². The van der Waals surface area contributed by atoms with Crippen LogP contribution in [0.3, 0.4) is 0 Å². The monoisotopic (exact) mass is 295 g/mol. The van der Waals surface area contributed by atoms with E-state index in [1.54, 1.807) is 0 Å². The van der Waals surface area contributed by atoms with Crippen LogP contribution in [0, 0.1) is 0 Å². The summed E-state index contributed by atoms with van der Waals surface area (Å²) in [5, 5.41) is 0. The maximum absolute atomic E-state index is 6.12. The molecule has 0 unspecified atom stereocenters. The van der Waals surface area contributed by atoms with Crippen LogP contribution in [-0.4, -0.2) is 80.1 Å². The topological polar surface area (TPSA) is 48.1 Å². The van der Waals surface area contributed by atoms with Gasteiger partial charge < -0.3 is 20.4 Å². The van der Waals surface area contributed by atoms with Crippen molar-refractivity contribution in [1.82, 2.24) is 14.7 Å². The predicted molar refractivity (Wildman–Crippen MR) is 89.7 cm³/mol. The molecule has 0 saturated carbocycles. The van der Waals surface area contributed by atoms with Gasteiger partial charge in [-0.25, -0.2) is 0 Å². The molecule has 0 spiro atoms. The Morgan fingerprint density at radius 1 is 0.905 bits per heavy atom. The van der Waals surface area contributed by atoms with Crippen molar-refractivity contribution in [3.8, 4) is 0 Å². The number of likely N-dealkylation sites (N-methyl/N-ethyl adjacent to an activating group) is 1. The Balaban J connectivity index is 1.56. The first kappa shape index (κ1) is 16.6. The van der Waals surface area contributed by atoms with Gasteiger partial charge in [0.2, 0.25) is 0 Å². The van der Waals surface area contributed by atoms with Crippen LogP contribution in [-0.2, 0) is 0 Å². The van der Waals surface area contributed by atoms with Crippen molar-refractivity contribution in [3.63, 3.8) is 0 Å². The van der Waals surface area contributed by atoms with Crippen LogP contribution in [0.5, 0.6) is 0 Å². The number of nitrogens with two attached hydrogens (primary N) is 1. The lowest BCUT2D eigenvalue weighted by atomic mass is 10.2. The fourth-order valence-corrected chi connectivity index (χ4v) is 3.11. The van der Waals surface area contributed by atoms with Gasteiger partial charge in [0.1, 0.15) is 0 Å². The van der Waals surface area contributed by atoms with Crippen LogP contribution >= 0.6 is 0 Å². The van der Waals surface area contributed by atoms with Gasteiger partial charge in [0.25, 0.3) is 0 Å². The van der Waals surface area contributed by atoms with E-state index < -0.39 is 0 Å². The molecular formula is C16H33N5. The molecule has 0 aromatic rings. The van der Waals surface area contributed by atoms with Crippen molar-refractivity contribution in [2.24, 2.45) is 10.7 Å². The molecule has 2 aliphatic heterocycles. The SMILES string of the molecule is CN1CCN(CCCCN=C(N)N2CCCCCC2)CC1. The van der Waals surface area contributed by atoms with Gasteiger partial charge in [-0.15, -0.1) is 0 Å². The summed E-state index contributed by atoms with van der Waals surface area (Å²) in [4.78, 5) is 11.8. The molecule has 2 saturated heterocycles. The minimum Gasteiger partial charge on any atom is -0.370 e. The van der Waals surface area contributed by atoms with Crippen LogP contribution in [0.4, 0.5) is 0 Å². The van der Waals surface area contributed by atoms with E-state index in [-0.39, 0.29) is 0 Å². The zero-order valence-corrected chi connectivity index (χ0v) is 13.8. The molecule has 0 bridgehead atoms. The van der Waals surface area contributed by atoms with Crippen LogP contribution in [0.25, 0.3) is 0 Å². The van der Waals surface area contributed by atoms with Crippen LogP contribution < -0.4 is 5.73 Å². The van der Waals surface area contributed by atoms with Crippen LogP contribution in [0.1, 0.15) is 38.5 Å². The Hall–Kier alpha value is -0.810. The quantitative estimate of drug-likeness (QED) is 0.470. The Labute approximate surface area is 130 Å². The van der Waals surface area contributed by atoms with Crippen molar-refractivity contribution in [1.29, 1.82) is 0 Å². The second-order valence-corrected chi connectivity index (χ2v) is 6.49. The Bertz CT molecular complexity index is 302. The second kappa shape index (κ2) is 9.26. The normalized spacial score (nSPS) is 23.3. The highest BCUT2D eigenvalue weighted by Gasteiger charge is 2.13. The van der Waals surface area contributed by atoms with Gasteiger partial charge in [-0.1, -0.05) is 12.8 Å². The molecule has 0 radical (unpaired) electrons. The highest BCUT2D eigenvalue weighted by molar-refractivity contribution is 5.78. The predicted octanol–water partition coefficient (Wildman–Crippen LogP) is 1.20. The third-order valence-electron chi connectivity index (χ3n) is 4.68. The lowest BCUT2D eigenvalue weighted by Crippen LogP contribution is -2.44. The van der Waals surface area contributed by atoms with Gasteiger partial charge in [0.05, 0.1) is 0 Å². The van der Waals surface area contributed by atoms with Crippen molar-refractivity contribution < 1.29 is 0 Å². The summed E-state index contributed by atoms with van der Waals surface area (Å²) < 4.78 is 0. The number of hydrogen-bond acceptors (Lipinski definition) is 3. The third kappa shape index (κ3) is 6.22. The first-order valence-corrected chi connectivity index (χ1v) is 8.71. The van der Waals surface area contributed by atoms with E-state index in [0.29, 0.717) is 0 Å². The maximum atomic E-state index is 6.12. The van der Waals surface area contributed by atoms with E-state index in [1.807, 2.05) is 0 Å². The molecule has 0 amide bonds. The summed E-state index contributed by atoms with van der Waals surface area (Å²) in [7, 11) is 2.21. The molecule has 0 aliphatic carbocycles. The first-order valence-electron chi connectivity index (χ1n) is 8.71. The number of nitrogens with zero attached hydrogens (tertiary/aromatic N) is 4. The summed E-state index contributed by atoms with van der Waals surface area (Å²) in [6.45, 7) is 9.14. The van der Waals surface area contributed by atoms with Crippen molar-refractivity contribution in [2.75, 3.05) is 59.4 Å². The largest absolute Gasteiger partial charge is 0.370 e. The molecule has 0 aromatic heterocycles. The number of rotatable bonds is 5. The number of unbranched alkanes of at least 4 members (excludes halogenated alkanes) is 1. The summed E-state index contributed by atoms with van der Waals surface area (Å²) in [6, 6.07) is 0. The van der Waals surface area contributed by atoms with E-state index in [0.717, 1.165) is 32.0 Å². The van der Waals surface area contributed by atoms with E-state index in [9.17, 15) is 0 Å². The smallest absolute Gasteiger partial charge is 0.191 e. The maximum Gasteiger partial charge on any atom is 0.191 e. The number of piperazine rings is 1. The zero-order chi connectivity index (χ0) is 14.9. The minimum atomic E-state index is 0.775. The molecule has 2 N–H and O–H groups in total. The zero-order valence-electron chi connectivity index (χ0n) is 13.8. The Morgan fingerprint density at radius 2 is 1.57 bits per heavy atom. The average molecular weight is 295 g/mol. The molecule has 21 heavy (non-hydrogen) atoms. The number of hydrogen-bond donors (Lipinski definition) is 1. The van der Waals surface area contributed by atoms with Gasteiger partial charge in [-0.05, 0) is 39.3 Å². The Kier molecular flexibility index (Phi) is 7.30. The standard InChI is InChI=1S/C16H33N5/c1-19-12-14-20(15-13-19)9-7-4-8-18-16(17)21-10-5-2-3-6-11-21/h2-15H2,1H3,(H2,17,18). The van der Waals surface area contributed by atoms with Crippen molar-refractivity contribution >= 4 is 5.96 Å². The van der Waals surface area contributed by atoms with E-state index in [1.165, 1.54) is 64.8 Å². The number of guanidine groups is 1. The van der Waals surface area contributed by atoms with Gasteiger partial charge in [0, 0.05) is 45.8 Å². The molecule has 122 valence electrons. The molecule has 2 fully saturated rings. The molecule has 2 aliphatic rings. The molecule has 2 rings (SSSR count). The van der Waals surface area contributed by atoms with Crippen LogP contribution in [0.2, 0.25) is 0 Å². The number of likely N-dealkylation sites (tertiary alicyclic amines) is 1. The van der Waals surface area contributed by atoms with Gasteiger partial charge >= 0.3 is 0 Å². The molecule has 5 nitrogen and oxygen atoms in total. The molecule has 0 aromatic carbocycles. The fraction of sp³-hybridized carbons (Fsp3) is 0.938. The molecule has 0 atom stereocenters. The van der Waals surface area contributed by atoms with E-state index >= 15 is 0 Å². The van der Waals surface area contributed by atoms with Crippen molar-refractivity contribution in [3.05, 3.63) is 0 Å². The fourth-order valence-electron chi connectivity index (χ4n) is 3.11. The number of aliphatic imine (C=N–C) groups is 1. The van der Waals surface area contributed by atoms with E-state index in [4.69, 9.17) is 5.73 Å². The second-order valence-electron chi connectivity index (χ2n) is 6.49. The average Bonchev–Trinajstić information content (AvgIpc) is 2.78. The summed E-state index contributed by atoms with van der Waals surface area (Å²) in [6.07, 6.45) is 7.60. The molecular weight excluding hydrogens is 262 g/mol. The van der Waals surface area contributed by atoms with Gasteiger partial charge in [-0.2, -0.15) is 0 Å². The lowest BCUT2D eigenvalue weighted by molar-refractivity contribution is 0.152. The summed E-state index contributed by atoms with van der Waals surface area (Å²) in [5.74, 6) is 0.775. The highest BCUT2D eigenvalue weighted by atomic mass is 15.3. The molecule has 2 heterocycles. The lowest BCUT2D eigenvalue weighted by Gasteiger charge is -2.32. The summed E-state index contributed by atoms with van der Waals surface area (Å²) >= 11 is 0. The highest BCUT2D eigenvalue weighted by Crippen LogP contribution is 2.09. The van der Waals surface area contributed by atoms with Crippen molar-refractivity contribution in [2.45, 2.75) is 38.5 Å². The van der Waals surface area contributed by atoms with Crippen LogP contribution in [0.15, 0.2) is 4.99 Å². The minimum absolute atomic E-state index is 0.775. The summed E-state index contributed by atoms with van der Waals surface area (Å²) in [5.41, 5.74) is 6.12. The van der Waals surface area contributed by atoms with Gasteiger partial charge in [0.15, 0.2) is 5.96 Å². The third-order valence-corrected chi connectivity index (χ3v) is 4.68.